The van der Waals surface area contributed by atoms with Crippen molar-refractivity contribution in [2.45, 2.75) is 6.18 Å². The molecule has 0 fully saturated rings. The van der Waals surface area contributed by atoms with Crippen molar-refractivity contribution in [2.24, 2.45) is 0 Å². The molecule has 0 N–H and O–H groups in total. The third-order valence-electron chi connectivity index (χ3n) is 0.302. The molecule has 0 amide bonds. The standard InChI is InChI=1S/C2F3IO2.Ag/c3-2(4,5)1(7)8-6;. The van der Waals surface area contributed by atoms with Gasteiger partial charge in [-0.1, -0.05) is 0 Å². The molecule has 0 aromatic carbocycles. The quantitative estimate of drug-likeness (QED) is 0.489. The van der Waals surface area contributed by atoms with E-state index in [4.69, 9.17) is 0 Å². The molecule has 0 aliphatic carbocycles. The molecule has 0 aliphatic rings. The van der Waals surface area contributed by atoms with Gasteiger partial charge in [-0.05, 0) is 0 Å². The molecular weight excluding hydrogens is 348 g/mol. The first-order chi connectivity index (χ1) is 3.48. The number of hydrogen-bond donors (Lipinski definition) is 0. The molecule has 0 saturated carbocycles. The van der Waals surface area contributed by atoms with Gasteiger partial charge in [0.05, 0.1) is 0 Å². The maximum atomic E-state index is 11.0. The van der Waals surface area contributed by atoms with Gasteiger partial charge < -0.3 is 3.07 Å². The predicted octanol–water partition coefficient (Wildman–Crippen LogP) is 1.44. The molecule has 9 heavy (non-hydrogen) atoms. The van der Waals surface area contributed by atoms with Crippen molar-refractivity contribution < 1.29 is 43.4 Å². The second-order valence-electron chi connectivity index (χ2n) is 0.862. The minimum atomic E-state index is -4.86. The molecule has 0 heterocycles. The number of hydrogen-bond acceptors (Lipinski definition) is 2. The third kappa shape index (κ3) is 5.19. The summed E-state index contributed by atoms with van der Waals surface area (Å²) in [5, 5.41) is 0. The Morgan fingerprint density at radius 1 is 1.44 bits per heavy atom. The zero-order chi connectivity index (χ0) is 6.78. The van der Waals surface area contributed by atoms with Crippen LogP contribution in [0.3, 0.4) is 0 Å². The largest absolute Gasteiger partial charge is 0.491 e. The molecule has 7 heteroatoms. The molecule has 0 unspecified atom stereocenters. The summed E-state index contributed by atoms with van der Waals surface area (Å²) in [6, 6.07) is 0. The zero-order valence-corrected chi connectivity index (χ0v) is 7.27. The van der Waals surface area contributed by atoms with Crippen molar-refractivity contribution in [1.29, 1.82) is 0 Å². The number of rotatable bonds is 0. The van der Waals surface area contributed by atoms with Crippen LogP contribution in [0.1, 0.15) is 0 Å². The minimum absolute atomic E-state index is 0. The molecule has 0 aromatic heterocycles. The number of alkyl halides is 3. The molecule has 59 valence electrons. The second-order valence-corrected chi connectivity index (χ2v) is 1.30. The van der Waals surface area contributed by atoms with Gasteiger partial charge in [0.15, 0.2) is 23.0 Å². The Morgan fingerprint density at radius 3 is 1.78 bits per heavy atom. The van der Waals surface area contributed by atoms with Crippen LogP contribution >= 0.6 is 23.0 Å². The number of carbonyl (C=O) groups is 1. The van der Waals surface area contributed by atoms with Gasteiger partial charge in [-0.25, -0.2) is 4.79 Å². The van der Waals surface area contributed by atoms with E-state index in [0.717, 1.165) is 23.0 Å². The summed E-state index contributed by atoms with van der Waals surface area (Å²) in [5.41, 5.74) is 0. The van der Waals surface area contributed by atoms with Crippen LogP contribution < -0.4 is 0 Å². The van der Waals surface area contributed by atoms with Crippen molar-refractivity contribution in [2.75, 3.05) is 0 Å². The molecule has 0 aliphatic heterocycles. The van der Waals surface area contributed by atoms with E-state index in [0.29, 0.717) is 0 Å². The molecule has 0 aromatic rings. The van der Waals surface area contributed by atoms with Gasteiger partial charge in [-0.2, -0.15) is 13.2 Å². The van der Waals surface area contributed by atoms with E-state index >= 15 is 0 Å². The summed E-state index contributed by atoms with van der Waals surface area (Å²) in [6.45, 7) is 0. The first kappa shape index (κ1) is 12.4. The Hall–Kier alpha value is 0.730. The van der Waals surface area contributed by atoms with Crippen LogP contribution in [-0.4, -0.2) is 12.1 Å². The van der Waals surface area contributed by atoms with Crippen molar-refractivity contribution in [3.63, 3.8) is 0 Å². The average Bonchev–Trinajstić information content (AvgIpc) is 1.62. The summed E-state index contributed by atoms with van der Waals surface area (Å²) >= 11 is 0.869. The molecule has 0 spiro atoms. The molecule has 0 saturated heterocycles. The Morgan fingerprint density at radius 2 is 1.78 bits per heavy atom. The van der Waals surface area contributed by atoms with Gasteiger partial charge >= 0.3 is 12.1 Å². The van der Waals surface area contributed by atoms with Gasteiger partial charge in [0.25, 0.3) is 0 Å². The summed E-state index contributed by atoms with van der Waals surface area (Å²) in [7, 11) is 0. The monoisotopic (exact) mass is 347 g/mol. The van der Waals surface area contributed by atoms with E-state index in [1.165, 1.54) is 0 Å². The van der Waals surface area contributed by atoms with Crippen LogP contribution in [0.25, 0.3) is 0 Å². The molecule has 0 bridgehead atoms. The summed E-state index contributed by atoms with van der Waals surface area (Å²) in [4.78, 5) is 9.48. The normalized spacial score (nSPS) is 9.78. The van der Waals surface area contributed by atoms with Gasteiger partial charge in [-0.3, -0.25) is 0 Å². The molecule has 0 rings (SSSR count). The first-order valence-corrected chi connectivity index (χ1v) is 2.26. The molecular formula is C2AgF3IO2. The average molecular weight is 348 g/mol. The maximum absolute atomic E-state index is 11.0. The van der Waals surface area contributed by atoms with E-state index in [2.05, 4.69) is 3.07 Å². The smallest absolute Gasteiger partial charge is 0.388 e. The van der Waals surface area contributed by atoms with Crippen molar-refractivity contribution in [3.8, 4) is 0 Å². The zero-order valence-electron chi connectivity index (χ0n) is 3.63. The van der Waals surface area contributed by atoms with E-state index < -0.39 is 12.1 Å². The van der Waals surface area contributed by atoms with Crippen molar-refractivity contribution in [1.82, 2.24) is 0 Å². The van der Waals surface area contributed by atoms with Gasteiger partial charge in [0.1, 0.15) is 0 Å². The van der Waals surface area contributed by atoms with Crippen LogP contribution in [0, 0.1) is 0 Å². The SMILES string of the molecule is O=C(OI)C(F)(F)F.[Ag]. The fraction of sp³-hybridized carbons (Fsp3) is 0.500. The van der Waals surface area contributed by atoms with Crippen molar-refractivity contribution >= 4 is 29.0 Å². The first-order valence-electron chi connectivity index (χ1n) is 1.38. The molecule has 2 nitrogen and oxygen atoms in total. The number of halogens is 4. The molecule has 1 radical (unpaired) electrons. The van der Waals surface area contributed by atoms with Crippen LogP contribution in [0.4, 0.5) is 13.2 Å². The molecule has 0 atom stereocenters. The summed E-state index contributed by atoms with van der Waals surface area (Å²) in [6.07, 6.45) is -4.86. The maximum Gasteiger partial charge on any atom is 0.491 e. The van der Waals surface area contributed by atoms with Crippen molar-refractivity contribution in [3.05, 3.63) is 0 Å². The number of carbonyl (C=O) groups excluding carboxylic acids is 1. The van der Waals surface area contributed by atoms with Gasteiger partial charge in [-0.15, -0.1) is 0 Å². The van der Waals surface area contributed by atoms with E-state index in [1.54, 1.807) is 0 Å². The summed E-state index contributed by atoms with van der Waals surface area (Å²) < 4.78 is 36.2. The van der Waals surface area contributed by atoms with Crippen LogP contribution in [0.2, 0.25) is 0 Å². The predicted molar refractivity (Wildman–Crippen MR) is 26.2 cm³/mol. The van der Waals surface area contributed by atoms with Gasteiger partial charge in [0, 0.05) is 22.4 Å². The Balaban J connectivity index is 0. The minimum Gasteiger partial charge on any atom is -0.388 e. The van der Waals surface area contributed by atoms with E-state index in [9.17, 15) is 18.0 Å². The third-order valence-corrected chi connectivity index (χ3v) is 0.702. The van der Waals surface area contributed by atoms with Crippen LogP contribution in [0.5, 0.6) is 0 Å². The van der Waals surface area contributed by atoms with E-state index in [-0.39, 0.29) is 22.4 Å². The summed E-state index contributed by atoms with van der Waals surface area (Å²) in [5.74, 6) is -2.18. The Bertz CT molecular complexity index is 102. The Labute approximate surface area is 78.3 Å². The van der Waals surface area contributed by atoms with Gasteiger partial charge in [0.2, 0.25) is 0 Å². The van der Waals surface area contributed by atoms with E-state index in [1.807, 2.05) is 0 Å². The fourth-order valence-electron chi connectivity index (χ4n) is 0.0437. The van der Waals surface area contributed by atoms with Crippen LogP contribution in [-0.2, 0) is 30.2 Å². The fourth-order valence-corrected chi connectivity index (χ4v) is 0.293. The van der Waals surface area contributed by atoms with Crippen LogP contribution in [0.15, 0.2) is 0 Å². The second kappa shape index (κ2) is 4.53. The Kier molecular flexibility index (Phi) is 6.25. The topological polar surface area (TPSA) is 26.3 Å².